The summed E-state index contributed by atoms with van der Waals surface area (Å²) in [5.41, 5.74) is 3.39. The molecule has 0 amide bonds. The number of hydrogen-bond acceptors (Lipinski definition) is 4. The van der Waals surface area contributed by atoms with Gasteiger partial charge in [-0.05, 0) is 35.4 Å². The van der Waals surface area contributed by atoms with E-state index >= 15 is 0 Å². The first-order chi connectivity index (χ1) is 9.76. The molecule has 2 rings (SSSR count). The van der Waals surface area contributed by atoms with Crippen LogP contribution in [0, 0.1) is 11.3 Å². The molecule has 0 aliphatic carbocycles. The molecular weight excluding hydrogens is 252 g/mol. The van der Waals surface area contributed by atoms with E-state index in [-0.39, 0.29) is 6.61 Å². The van der Waals surface area contributed by atoms with E-state index < -0.39 is 0 Å². The summed E-state index contributed by atoms with van der Waals surface area (Å²) >= 11 is 0. The smallest absolute Gasteiger partial charge is 0.136 e. The zero-order chi connectivity index (χ0) is 14.4. The predicted octanol–water partition coefficient (Wildman–Crippen LogP) is 2.67. The Balaban J connectivity index is 2.05. The highest BCUT2D eigenvalue weighted by Gasteiger charge is 2.03. The van der Waals surface area contributed by atoms with E-state index in [1.807, 2.05) is 36.4 Å². The quantitative estimate of drug-likeness (QED) is 0.875. The number of aliphatic hydroxyl groups excluding tert-OH is 1. The lowest BCUT2D eigenvalue weighted by atomic mass is 10.1. The number of ether oxygens (including phenoxy) is 1. The predicted molar refractivity (Wildman–Crippen MR) is 77.4 cm³/mol. The van der Waals surface area contributed by atoms with Crippen LogP contribution in [0.15, 0.2) is 42.5 Å². The van der Waals surface area contributed by atoms with Crippen LogP contribution in [0.25, 0.3) is 0 Å². The highest BCUT2D eigenvalue weighted by Crippen LogP contribution is 2.19. The maximum absolute atomic E-state index is 9.04. The summed E-state index contributed by atoms with van der Waals surface area (Å²) in [7, 11) is 1.55. The van der Waals surface area contributed by atoms with E-state index in [0.717, 1.165) is 16.8 Å². The van der Waals surface area contributed by atoms with Crippen molar-refractivity contribution >= 4 is 5.69 Å². The van der Waals surface area contributed by atoms with E-state index in [2.05, 4.69) is 11.4 Å². The van der Waals surface area contributed by atoms with Crippen LogP contribution in [0.2, 0.25) is 0 Å². The molecule has 0 radical (unpaired) electrons. The number of anilines is 1. The van der Waals surface area contributed by atoms with Gasteiger partial charge in [0, 0.05) is 12.2 Å². The Morgan fingerprint density at radius 2 is 1.85 bits per heavy atom. The molecule has 0 saturated heterocycles. The molecule has 0 aromatic heterocycles. The number of rotatable bonds is 5. The van der Waals surface area contributed by atoms with Crippen LogP contribution < -0.4 is 10.1 Å². The number of benzene rings is 2. The van der Waals surface area contributed by atoms with Gasteiger partial charge in [0.25, 0.3) is 0 Å². The third kappa shape index (κ3) is 3.28. The van der Waals surface area contributed by atoms with Gasteiger partial charge in [-0.15, -0.1) is 0 Å². The highest BCUT2D eigenvalue weighted by atomic mass is 16.5. The van der Waals surface area contributed by atoms with Gasteiger partial charge in [-0.2, -0.15) is 5.26 Å². The van der Waals surface area contributed by atoms with Crippen LogP contribution in [0.3, 0.4) is 0 Å². The normalized spacial score (nSPS) is 9.85. The maximum Gasteiger partial charge on any atom is 0.136 e. The molecule has 0 saturated carbocycles. The van der Waals surface area contributed by atoms with Crippen LogP contribution >= 0.6 is 0 Å². The Bertz CT molecular complexity index is 615. The second-order valence-electron chi connectivity index (χ2n) is 4.36. The Kier molecular flexibility index (Phi) is 4.59. The third-order valence-electron chi connectivity index (χ3n) is 3.02. The average Bonchev–Trinajstić information content (AvgIpc) is 2.53. The molecule has 0 aliphatic heterocycles. The van der Waals surface area contributed by atoms with E-state index in [9.17, 15) is 0 Å². The Morgan fingerprint density at radius 1 is 1.15 bits per heavy atom. The minimum absolute atomic E-state index is 0.0459. The van der Waals surface area contributed by atoms with E-state index in [4.69, 9.17) is 15.1 Å². The van der Waals surface area contributed by atoms with Gasteiger partial charge in [0.15, 0.2) is 0 Å². The first-order valence-corrected chi connectivity index (χ1v) is 6.27. The van der Waals surface area contributed by atoms with Gasteiger partial charge in [-0.3, -0.25) is 0 Å². The SMILES string of the molecule is COc1ccc(CNc2ccc(CO)cc2)cc1C#N. The molecule has 2 aromatic carbocycles. The molecule has 0 aliphatic rings. The molecular formula is C16H16N2O2. The van der Waals surface area contributed by atoms with Gasteiger partial charge in [0.2, 0.25) is 0 Å². The number of nitriles is 1. The van der Waals surface area contributed by atoms with Crippen molar-refractivity contribution in [3.05, 3.63) is 59.2 Å². The summed E-state index contributed by atoms with van der Waals surface area (Å²) in [6.45, 7) is 0.668. The van der Waals surface area contributed by atoms with Crippen molar-refractivity contribution in [2.24, 2.45) is 0 Å². The number of hydrogen-bond donors (Lipinski definition) is 2. The van der Waals surface area contributed by atoms with E-state index in [0.29, 0.717) is 17.9 Å². The zero-order valence-electron chi connectivity index (χ0n) is 11.3. The molecule has 4 nitrogen and oxygen atoms in total. The molecule has 102 valence electrons. The average molecular weight is 268 g/mol. The van der Waals surface area contributed by atoms with Crippen molar-refractivity contribution in [3.63, 3.8) is 0 Å². The minimum atomic E-state index is 0.0459. The second-order valence-corrected chi connectivity index (χ2v) is 4.36. The Hall–Kier alpha value is -2.51. The molecule has 0 bridgehead atoms. The van der Waals surface area contributed by atoms with Crippen molar-refractivity contribution in [1.82, 2.24) is 0 Å². The summed E-state index contributed by atoms with van der Waals surface area (Å²) in [6.07, 6.45) is 0. The number of nitrogens with zero attached hydrogens (tertiary/aromatic N) is 1. The zero-order valence-corrected chi connectivity index (χ0v) is 11.3. The van der Waals surface area contributed by atoms with Crippen LogP contribution in [-0.4, -0.2) is 12.2 Å². The minimum Gasteiger partial charge on any atom is -0.495 e. The first-order valence-electron chi connectivity index (χ1n) is 6.27. The fraction of sp³-hybridized carbons (Fsp3) is 0.188. The van der Waals surface area contributed by atoms with Gasteiger partial charge in [0.05, 0.1) is 19.3 Å². The fourth-order valence-electron chi connectivity index (χ4n) is 1.88. The summed E-state index contributed by atoms with van der Waals surface area (Å²) in [6, 6.07) is 15.2. The monoisotopic (exact) mass is 268 g/mol. The van der Waals surface area contributed by atoms with Gasteiger partial charge < -0.3 is 15.2 Å². The van der Waals surface area contributed by atoms with Crippen LogP contribution in [0.5, 0.6) is 5.75 Å². The van der Waals surface area contributed by atoms with Crippen molar-refractivity contribution in [3.8, 4) is 11.8 Å². The van der Waals surface area contributed by atoms with Crippen LogP contribution in [0.1, 0.15) is 16.7 Å². The van der Waals surface area contributed by atoms with Crippen LogP contribution in [-0.2, 0) is 13.2 Å². The lowest BCUT2D eigenvalue weighted by molar-refractivity contribution is 0.282. The van der Waals surface area contributed by atoms with Gasteiger partial charge in [0.1, 0.15) is 11.8 Å². The summed E-state index contributed by atoms with van der Waals surface area (Å²) < 4.78 is 5.11. The van der Waals surface area contributed by atoms with Crippen molar-refractivity contribution < 1.29 is 9.84 Å². The lowest BCUT2D eigenvalue weighted by Gasteiger charge is -2.09. The van der Waals surface area contributed by atoms with E-state index in [1.54, 1.807) is 13.2 Å². The van der Waals surface area contributed by atoms with Gasteiger partial charge in [-0.25, -0.2) is 0 Å². The molecule has 4 heteroatoms. The molecule has 0 heterocycles. The maximum atomic E-state index is 9.04. The highest BCUT2D eigenvalue weighted by molar-refractivity contribution is 5.48. The number of methoxy groups -OCH3 is 1. The summed E-state index contributed by atoms with van der Waals surface area (Å²) in [4.78, 5) is 0. The standard InChI is InChI=1S/C16H16N2O2/c1-20-16-7-4-13(8-14(16)9-17)10-18-15-5-2-12(11-19)3-6-15/h2-8,18-19H,10-11H2,1H3. The topological polar surface area (TPSA) is 65.3 Å². The van der Waals surface area contributed by atoms with Gasteiger partial charge in [-0.1, -0.05) is 18.2 Å². The van der Waals surface area contributed by atoms with E-state index in [1.165, 1.54) is 0 Å². The first kappa shape index (κ1) is 13.9. The Labute approximate surface area is 118 Å². The number of nitrogens with one attached hydrogen (secondary N) is 1. The third-order valence-corrected chi connectivity index (χ3v) is 3.02. The fourth-order valence-corrected chi connectivity index (χ4v) is 1.88. The molecule has 2 aromatic rings. The van der Waals surface area contributed by atoms with Crippen molar-refractivity contribution in [2.75, 3.05) is 12.4 Å². The van der Waals surface area contributed by atoms with Crippen molar-refractivity contribution in [1.29, 1.82) is 5.26 Å². The number of aliphatic hydroxyl groups is 1. The molecule has 0 unspecified atom stereocenters. The van der Waals surface area contributed by atoms with Crippen molar-refractivity contribution in [2.45, 2.75) is 13.2 Å². The second kappa shape index (κ2) is 6.60. The molecule has 0 atom stereocenters. The lowest BCUT2D eigenvalue weighted by Crippen LogP contribution is -2.00. The molecule has 2 N–H and O–H groups in total. The summed E-state index contributed by atoms with van der Waals surface area (Å²) in [5, 5.41) is 21.3. The Morgan fingerprint density at radius 3 is 2.45 bits per heavy atom. The molecule has 20 heavy (non-hydrogen) atoms. The van der Waals surface area contributed by atoms with Gasteiger partial charge >= 0.3 is 0 Å². The molecule has 0 fully saturated rings. The molecule has 0 spiro atoms. The van der Waals surface area contributed by atoms with Crippen LogP contribution in [0.4, 0.5) is 5.69 Å². The largest absolute Gasteiger partial charge is 0.495 e. The summed E-state index contributed by atoms with van der Waals surface area (Å²) in [5.74, 6) is 0.587.